The molecule has 6 nitrogen and oxygen atoms in total. The molecule has 0 radical (unpaired) electrons. The minimum absolute atomic E-state index is 0.278. The lowest BCUT2D eigenvalue weighted by Crippen LogP contribution is -2.05. The highest BCUT2D eigenvalue weighted by molar-refractivity contribution is 5.93. The molecule has 1 heterocycles. The lowest BCUT2D eigenvalue weighted by molar-refractivity contribution is -0.137. The number of oxazole rings is 1. The maximum absolute atomic E-state index is 12.2. The van der Waals surface area contributed by atoms with Gasteiger partial charge in [-0.15, -0.1) is 0 Å². The molecule has 6 heteroatoms. The van der Waals surface area contributed by atoms with Gasteiger partial charge < -0.3 is 13.9 Å². The van der Waals surface area contributed by atoms with Gasteiger partial charge in [0.2, 0.25) is 5.89 Å². The van der Waals surface area contributed by atoms with Crippen LogP contribution in [0.5, 0.6) is 0 Å². The van der Waals surface area contributed by atoms with Crippen molar-refractivity contribution in [3.8, 4) is 11.5 Å². The number of carbonyl (C=O) groups is 2. The summed E-state index contributed by atoms with van der Waals surface area (Å²) in [6, 6.07) is 10.8. The Labute approximate surface area is 175 Å². The number of rotatable bonds is 8. The number of fused-ring (bicyclic) bond motifs is 1. The van der Waals surface area contributed by atoms with Crippen LogP contribution in [0.1, 0.15) is 48.2 Å². The molecule has 0 unspecified atom stereocenters. The van der Waals surface area contributed by atoms with E-state index in [9.17, 15) is 9.59 Å². The first-order chi connectivity index (χ1) is 14.5. The van der Waals surface area contributed by atoms with Gasteiger partial charge in [0.15, 0.2) is 5.58 Å². The summed E-state index contributed by atoms with van der Waals surface area (Å²) in [5.74, 6) is -0.466. The summed E-state index contributed by atoms with van der Waals surface area (Å²) in [5, 5.41) is 0. The fourth-order valence-electron chi connectivity index (χ4n) is 2.91. The molecule has 0 saturated carbocycles. The van der Waals surface area contributed by atoms with E-state index >= 15 is 0 Å². The molecule has 0 spiro atoms. The Morgan fingerprint density at radius 1 is 1.10 bits per heavy atom. The second-order valence-corrected chi connectivity index (χ2v) is 6.87. The second kappa shape index (κ2) is 9.87. The van der Waals surface area contributed by atoms with Gasteiger partial charge in [0.1, 0.15) is 5.52 Å². The number of unbranched alkanes of at least 4 members (excludes halogenated alkanes) is 1. The highest BCUT2D eigenvalue weighted by Gasteiger charge is 2.15. The number of aromatic nitrogens is 1. The Balaban J connectivity index is 1.98. The molecule has 2 aromatic carbocycles. The summed E-state index contributed by atoms with van der Waals surface area (Å²) in [4.78, 5) is 28.7. The van der Waals surface area contributed by atoms with Crippen LogP contribution >= 0.6 is 0 Å². The molecule has 0 amide bonds. The van der Waals surface area contributed by atoms with Crippen LogP contribution in [0.4, 0.5) is 0 Å². The molecule has 0 aliphatic rings. The monoisotopic (exact) mass is 407 g/mol. The van der Waals surface area contributed by atoms with Gasteiger partial charge >= 0.3 is 11.9 Å². The van der Waals surface area contributed by atoms with Crippen LogP contribution in [-0.4, -0.2) is 30.1 Å². The number of ether oxygens (including phenoxy) is 2. The Hall–Kier alpha value is -3.41. The van der Waals surface area contributed by atoms with E-state index in [0.29, 0.717) is 34.8 Å². The van der Waals surface area contributed by atoms with Crippen molar-refractivity contribution >= 4 is 29.1 Å². The van der Waals surface area contributed by atoms with E-state index in [2.05, 4.69) is 4.98 Å². The first kappa shape index (κ1) is 21.3. The molecule has 156 valence electrons. The zero-order valence-electron chi connectivity index (χ0n) is 17.4. The Morgan fingerprint density at radius 3 is 2.70 bits per heavy atom. The molecular formula is C24H25NO5. The number of hydrogen-bond donors (Lipinski definition) is 0. The van der Waals surface area contributed by atoms with Crippen LogP contribution in [0, 0.1) is 6.92 Å². The maximum Gasteiger partial charge on any atom is 0.338 e. The summed E-state index contributed by atoms with van der Waals surface area (Å²) in [5.41, 5.74) is 4.14. The number of aryl methyl sites for hydroxylation is 1. The van der Waals surface area contributed by atoms with Gasteiger partial charge in [-0.2, -0.15) is 0 Å². The highest BCUT2D eigenvalue weighted by atomic mass is 16.5. The normalized spacial score (nSPS) is 11.2. The molecule has 30 heavy (non-hydrogen) atoms. The molecular weight excluding hydrogens is 382 g/mol. The highest BCUT2D eigenvalue weighted by Crippen LogP contribution is 2.29. The summed E-state index contributed by atoms with van der Waals surface area (Å²) in [6.45, 7) is 6.42. The largest absolute Gasteiger partial charge is 0.463 e. The number of carbonyl (C=O) groups excluding carboxylic acids is 2. The van der Waals surface area contributed by atoms with Gasteiger partial charge in [-0.25, -0.2) is 14.6 Å². The van der Waals surface area contributed by atoms with Crippen molar-refractivity contribution in [3.05, 3.63) is 59.2 Å². The van der Waals surface area contributed by atoms with Gasteiger partial charge in [0.05, 0.1) is 18.8 Å². The van der Waals surface area contributed by atoms with Crippen LogP contribution in [0.25, 0.3) is 28.6 Å². The van der Waals surface area contributed by atoms with Gasteiger partial charge in [-0.1, -0.05) is 19.4 Å². The third-order valence-corrected chi connectivity index (χ3v) is 4.48. The minimum Gasteiger partial charge on any atom is -0.463 e. The van der Waals surface area contributed by atoms with Crippen molar-refractivity contribution in [2.24, 2.45) is 0 Å². The van der Waals surface area contributed by atoms with E-state index in [0.717, 1.165) is 23.9 Å². The smallest absolute Gasteiger partial charge is 0.338 e. The summed E-state index contributed by atoms with van der Waals surface area (Å²) in [6.07, 6.45) is 4.70. The SMILES string of the molecule is CCCCOC(=O)/C=C/c1cc(C(=O)OCC)ccc1-c1nc2cc(C)ccc2o1. The number of benzene rings is 2. The predicted molar refractivity (Wildman–Crippen MR) is 115 cm³/mol. The summed E-state index contributed by atoms with van der Waals surface area (Å²) < 4.78 is 16.2. The molecule has 0 fully saturated rings. The lowest BCUT2D eigenvalue weighted by atomic mass is 10.0. The van der Waals surface area contributed by atoms with Crippen LogP contribution in [0.2, 0.25) is 0 Å². The van der Waals surface area contributed by atoms with Crippen molar-refractivity contribution in [1.29, 1.82) is 0 Å². The molecule has 0 bridgehead atoms. The summed E-state index contributed by atoms with van der Waals surface area (Å²) >= 11 is 0. The minimum atomic E-state index is -0.441. The van der Waals surface area contributed by atoms with E-state index in [-0.39, 0.29) is 6.61 Å². The van der Waals surface area contributed by atoms with Gasteiger partial charge in [-0.05, 0) is 67.8 Å². The van der Waals surface area contributed by atoms with E-state index in [1.165, 1.54) is 6.08 Å². The third-order valence-electron chi connectivity index (χ3n) is 4.48. The molecule has 0 saturated heterocycles. The second-order valence-electron chi connectivity index (χ2n) is 6.87. The number of nitrogens with zero attached hydrogens (tertiary/aromatic N) is 1. The molecule has 0 N–H and O–H groups in total. The Bertz CT molecular complexity index is 1080. The average molecular weight is 407 g/mol. The van der Waals surface area contributed by atoms with Crippen LogP contribution in [-0.2, 0) is 14.3 Å². The van der Waals surface area contributed by atoms with Crippen molar-refractivity contribution in [3.63, 3.8) is 0 Å². The Kier molecular flexibility index (Phi) is 7.01. The molecule has 3 aromatic rings. The fourth-order valence-corrected chi connectivity index (χ4v) is 2.91. The fraction of sp³-hybridized carbons (Fsp3) is 0.292. The number of esters is 2. The standard InChI is InChI=1S/C24H25NO5/c1-4-6-13-29-22(26)12-9-17-15-18(24(27)28-5-2)8-10-19(17)23-25-20-14-16(3)7-11-21(20)30-23/h7-12,14-15H,4-6,13H2,1-3H3/b12-9+. The van der Waals surface area contributed by atoms with E-state index in [4.69, 9.17) is 13.9 Å². The predicted octanol–water partition coefficient (Wildman–Crippen LogP) is 5.34. The topological polar surface area (TPSA) is 78.6 Å². The zero-order chi connectivity index (χ0) is 21.5. The first-order valence-electron chi connectivity index (χ1n) is 10.1. The van der Waals surface area contributed by atoms with Crippen molar-refractivity contribution < 1.29 is 23.5 Å². The molecule has 1 aromatic heterocycles. The molecule has 0 atom stereocenters. The van der Waals surface area contributed by atoms with Crippen molar-refractivity contribution in [2.75, 3.05) is 13.2 Å². The Morgan fingerprint density at radius 2 is 1.93 bits per heavy atom. The average Bonchev–Trinajstić information content (AvgIpc) is 3.15. The van der Waals surface area contributed by atoms with E-state index in [1.807, 2.05) is 32.0 Å². The van der Waals surface area contributed by atoms with Crippen LogP contribution in [0.15, 0.2) is 46.9 Å². The van der Waals surface area contributed by atoms with Gasteiger partial charge in [0.25, 0.3) is 0 Å². The van der Waals surface area contributed by atoms with Crippen LogP contribution < -0.4 is 0 Å². The lowest BCUT2D eigenvalue weighted by Gasteiger charge is -2.07. The molecule has 0 aliphatic heterocycles. The quantitative estimate of drug-likeness (QED) is 0.285. The van der Waals surface area contributed by atoms with Gasteiger partial charge in [-0.3, -0.25) is 0 Å². The molecule has 0 aliphatic carbocycles. The zero-order valence-corrected chi connectivity index (χ0v) is 17.4. The van der Waals surface area contributed by atoms with Crippen molar-refractivity contribution in [1.82, 2.24) is 4.98 Å². The number of hydrogen-bond acceptors (Lipinski definition) is 6. The van der Waals surface area contributed by atoms with E-state index in [1.54, 1.807) is 31.2 Å². The van der Waals surface area contributed by atoms with Gasteiger partial charge in [0, 0.05) is 11.6 Å². The third kappa shape index (κ3) is 5.14. The first-order valence-corrected chi connectivity index (χ1v) is 10.1. The van der Waals surface area contributed by atoms with Crippen LogP contribution in [0.3, 0.4) is 0 Å². The maximum atomic E-state index is 12.2. The van der Waals surface area contributed by atoms with E-state index < -0.39 is 11.9 Å². The summed E-state index contributed by atoms with van der Waals surface area (Å²) in [7, 11) is 0. The van der Waals surface area contributed by atoms with Crippen molar-refractivity contribution in [2.45, 2.75) is 33.6 Å². The molecule has 3 rings (SSSR count).